The number of rotatable bonds is 8. The molecule has 0 saturated heterocycles. The first-order chi connectivity index (χ1) is 28.1. The minimum absolute atomic E-state index is 0.226. The molecule has 284 valence electrons. The molecule has 0 fully saturated rings. The normalized spacial score (nSPS) is 12.9. The molecule has 0 saturated carbocycles. The summed E-state index contributed by atoms with van der Waals surface area (Å²) in [5.41, 5.74) is 3.56. The van der Waals surface area contributed by atoms with Crippen LogP contribution in [0.3, 0.4) is 0 Å². The number of aliphatic hydroxyl groups excluding tert-OH is 1. The Hall–Kier alpha value is -6.96. The van der Waals surface area contributed by atoms with E-state index in [1.165, 1.54) is 23.7 Å². The van der Waals surface area contributed by atoms with Gasteiger partial charge in [0.05, 0.1) is 0 Å². The Kier molecular flexibility index (Phi) is 9.18. The van der Waals surface area contributed by atoms with Gasteiger partial charge in [-0.15, -0.1) is 22.7 Å². The van der Waals surface area contributed by atoms with Crippen LogP contribution < -0.4 is 14.4 Å². The second-order valence-electron chi connectivity index (χ2n) is 13.1. The molecule has 5 aromatic carbocycles. The van der Waals surface area contributed by atoms with E-state index in [-0.39, 0.29) is 4.90 Å². The van der Waals surface area contributed by atoms with Gasteiger partial charge in [-0.25, -0.2) is 26.9 Å². The van der Waals surface area contributed by atoms with Crippen LogP contribution in [0.15, 0.2) is 152 Å². The van der Waals surface area contributed by atoms with Gasteiger partial charge in [-0.1, -0.05) is 60.7 Å². The first-order valence-electron chi connectivity index (χ1n) is 17.6. The number of hydrogen-bond acceptors (Lipinski definition) is 6. The largest absolute Gasteiger partial charge is 0.489 e. The monoisotopic (exact) mass is 814 g/mol. The lowest BCUT2D eigenvalue weighted by atomic mass is 10.0. The van der Waals surface area contributed by atoms with Crippen molar-refractivity contribution in [1.29, 1.82) is 0 Å². The Labute approximate surface area is 334 Å². The van der Waals surface area contributed by atoms with Crippen LogP contribution in [0.4, 0.5) is 44.7 Å². The molecule has 58 heavy (non-hydrogen) atoms. The highest BCUT2D eigenvalue weighted by atomic mass is 32.1. The molecule has 0 aliphatic carbocycles. The molecule has 0 radical (unpaired) electrons. The molecular formula is C45H25F5N3O3S2+. The highest BCUT2D eigenvalue weighted by Crippen LogP contribution is 2.42. The summed E-state index contributed by atoms with van der Waals surface area (Å²) in [4.78, 5) is 30.5. The third-order valence-corrected chi connectivity index (χ3v) is 12.1. The summed E-state index contributed by atoms with van der Waals surface area (Å²) < 4.78 is 72.6. The Morgan fingerprint density at radius 1 is 0.534 bits per heavy atom. The molecule has 1 amide bonds. The SMILES string of the molecule is O=C1C(=O)N(c2c(F)c(F)c(F)c(F)c2F)C(O)=C1[n+]1ccc(-c2ccc(-c3cc4ccc(-c5ccc(N(c6ccccc6)c6ccccc6)cc5)cc4s3)s2)cc1. The van der Waals surface area contributed by atoms with E-state index in [0.29, 0.717) is 5.56 Å². The molecule has 0 unspecified atom stereocenters. The number of aliphatic hydroxyl groups is 1. The van der Waals surface area contributed by atoms with Crippen LogP contribution in [0, 0.1) is 29.1 Å². The van der Waals surface area contributed by atoms with Gasteiger partial charge in [-0.3, -0.25) is 9.59 Å². The van der Waals surface area contributed by atoms with Crippen molar-refractivity contribution in [1.82, 2.24) is 0 Å². The number of ketones is 1. The number of fused-ring (bicyclic) bond motifs is 1. The highest BCUT2D eigenvalue weighted by molar-refractivity contribution is 7.27. The summed E-state index contributed by atoms with van der Waals surface area (Å²) in [5.74, 6) is -16.3. The molecule has 1 aliphatic rings. The lowest BCUT2D eigenvalue weighted by Gasteiger charge is -2.25. The quantitative estimate of drug-likeness (QED) is 0.0546. The number of halogens is 5. The molecule has 0 atom stereocenters. The van der Waals surface area contributed by atoms with Crippen molar-refractivity contribution in [2.75, 3.05) is 9.80 Å². The number of benzene rings is 5. The zero-order chi connectivity index (χ0) is 40.2. The Morgan fingerprint density at radius 3 is 1.71 bits per heavy atom. The van der Waals surface area contributed by atoms with E-state index >= 15 is 0 Å². The Morgan fingerprint density at radius 2 is 1.09 bits per heavy atom. The van der Waals surface area contributed by atoms with Gasteiger partial charge < -0.3 is 10.0 Å². The van der Waals surface area contributed by atoms with Gasteiger partial charge in [0, 0.05) is 54.1 Å². The number of nitrogens with zero attached hydrogens (tertiary/aromatic N) is 3. The molecule has 4 heterocycles. The number of anilines is 4. The third kappa shape index (κ3) is 6.21. The maximum atomic E-state index is 14.5. The van der Waals surface area contributed by atoms with Crippen LogP contribution in [0.1, 0.15) is 0 Å². The first kappa shape index (κ1) is 36.7. The Balaban J connectivity index is 0.954. The molecule has 9 rings (SSSR count). The average molecular weight is 815 g/mol. The van der Waals surface area contributed by atoms with Gasteiger partial charge in [0.15, 0.2) is 35.7 Å². The number of carbonyl (C=O) groups excluding carboxylic acids is 2. The van der Waals surface area contributed by atoms with Crippen molar-refractivity contribution in [2.45, 2.75) is 0 Å². The minimum atomic E-state index is -2.45. The van der Waals surface area contributed by atoms with Gasteiger partial charge in [0.1, 0.15) is 5.69 Å². The van der Waals surface area contributed by atoms with Gasteiger partial charge >= 0.3 is 17.4 Å². The van der Waals surface area contributed by atoms with E-state index in [0.717, 1.165) is 57.5 Å². The van der Waals surface area contributed by atoms with Crippen molar-refractivity contribution >= 4 is 72.9 Å². The molecule has 3 aromatic heterocycles. The number of aromatic nitrogens is 1. The molecule has 1 N–H and O–H groups in total. The summed E-state index contributed by atoms with van der Waals surface area (Å²) in [6.07, 6.45) is 2.67. The van der Waals surface area contributed by atoms with Crippen LogP contribution in [0.5, 0.6) is 0 Å². The lowest BCUT2D eigenvalue weighted by Crippen LogP contribution is -2.36. The second kappa shape index (κ2) is 14.5. The first-order valence-corrected chi connectivity index (χ1v) is 19.2. The van der Waals surface area contributed by atoms with Gasteiger partial charge in [0.25, 0.3) is 5.88 Å². The molecule has 13 heteroatoms. The van der Waals surface area contributed by atoms with Crippen LogP contribution in [-0.4, -0.2) is 16.8 Å². The maximum Gasteiger partial charge on any atom is 0.325 e. The summed E-state index contributed by atoms with van der Waals surface area (Å²) in [5, 5.41) is 11.8. The van der Waals surface area contributed by atoms with Crippen molar-refractivity contribution < 1.29 is 41.2 Å². The van der Waals surface area contributed by atoms with E-state index in [1.807, 2.05) is 48.5 Å². The molecule has 8 aromatic rings. The van der Waals surface area contributed by atoms with Crippen LogP contribution in [0.25, 0.3) is 47.1 Å². The Bertz CT molecular complexity index is 2880. The molecule has 0 bridgehead atoms. The number of hydrogen-bond donors (Lipinski definition) is 1. The predicted molar refractivity (Wildman–Crippen MR) is 215 cm³/mol. The molecule has 0 spiro atoms. The molecule has 6 nitrogen and oxygen atoms in total. The fourth-order valence-electron chi connectivity index (χ4n) is 6.84. The zero-order valence-electron chi connectivity index (χ0n) is 29.7. The third-order valence-electron chi connectivity index (χ3n) is 9.67. The van der Waals surface area contributed by atoms with E-state index in [1.54, 1.807) is 23.5 Å². The topological polar surface area (TPSA) is 64.7 Å². The fourth-order valence-corrected chi connectivity index (χ4v) is 9.03. The number of amides is 1. The average Bonchev–Trinajstić information content (AvgIpc) is 3.97. The van der Waals surface area contributed by atoms with Gasteiger partial charge in [-0.2, -0.15) is 4.57 Å². The number of Topliss-reactive ketones (excluding diaryl/α,β-unsaturated/α-hetero) is 1. The van der Waals surface area contributed by atoms with E-state index in [2.05, 4.69) is 77.7 Å². The molecular weight excluding hydrogens is 790 g/mol. The summed E-state index contributed by atoms with van der Waals surface area (Å²) >= 11 is 3.18. The van der Waals surface area contributed by atoms with E-state index in [4.69, 9.17) is 0 Å². The van der Waals surface area contributed by atoms with Gasteiger partial charge in [-0.05, 0) is 77.2 Å². The molecule has 1 aliphatic heterocycles. The minimum Gasteiger partial charge on any atom is -0.489 e. The van der Waals surface area contributed by atoms with Crippen molar-refractivity contribution in [3.05, 3.63) is 181 Å². The van der Waals surface area contributed by atoms with Crippen molar-refractivity contribution in [2.24, 2.45) is 0 Å². The van der Waals surface area contributed by atoms with Gasteiger partial charge in [0.2, 0.25) is 5.82 Å². The summed E-state index contributed by atoms with van der Waals surface area (Å²) in [7, 11) is 0. The maximum absolute atomic E-state index is 14.5. The van der Waals surface area contributed by atoms with Crippen molar-refractivity contribution in [3.8, 4) is 31.3 Å². The van der Waals surface area contributed by atoms with Crippen LogP contribution in [0.2, 0.25) is 0 Å². The summed E-state index contributed by atoms with van der Waals surface area (Å²) in [6, 6.07) is 44.6. The second-order valence-corrected chi connectivity index (χ2v) is 15.3. The number of carbonyl (C=O) groups is 2. The lowest BCUT2D eigenvalue weighted by molar-refractivity contribution is -0.578. The number of thiophene rings is 2. The van der Waals surface area contributed by atoms with Crippen LogP contribution >= 0.6 is 22.7 Å². The van der Waals surface area contributed by atoms with E-state index in [9.17, 15) is 36.6 Å². The zero-order valence-corrected chi connectivity index (χ0v) is 31.3. The highest BCUT2D eigenvalue weighted by Gasteiger charge is 2.49. The smallest absolute Gasteiger partial charge is 0.325 e. The van der Waals surface area contributed by atoms with Crippen molar-refractivity contribution in [3.63, 3.8) is 0 Å². The standard InChI is InChI=1S/C45H24F5N3O3S2/c46-36-37(47)39(49)41(40(50)38(36)48)53-44(55)42(43(54)45(53)56)51-21-19-26(20-22-51)32-17-18-33(57-32)35-24-28-12-11-27(23-34(28)58-35)25-13-15-31(16-14-25)52(29-7-3-1-4-8-29)30-9-5-2-6-10-30/h1-24H/p+1. The van der Waals surface area contributed by atoms with E-state index < -0.39 is 58.0 Å². The fraction of sp³-hybridized carbons (Fsp3) is 0. The number of para-hydroxylation sites is 2. The number of pyridine rings is 1. The van der Waals surface area contributed by atoms with Crippen LogP contribution in [-0.2, 0) is 9.59 Å². The predicted octanol–water partition coefficient (Wildman–Crippen LogP) is 11.7. The summed E-state index contributed by atoms with van der Waals surface area (Å²) in [6.45, 7) is 0.